The lowest BCUT2D eigenvalue weighted by atomic mass is 10.1. The van der Waals surface area contributed by atoms with Crippen LogP contribution in [-0.4, -0.2) is 43.3 Å². The van der Waals surface area contributed by atoms with Gasteiger partial charge in [0.1, 0.15) is 11.6 Å². The molecule has 8 heteroatoms. The Hall–Kier alpha value is -2.04. The molecule has 1 amide bonds. The molecular formula is C17H20ClN3O3S. The summed E-state index contributed by atoms with van der Waals surface area (Å²) in [6.07, 6.45) is 1.95. The van der Waals surface area contributed by atoms with Gasteiger partial charge < -0.3 is 10.2 Å². The Morgan fingerprint density at radius 2 is 2.24 bits per heavy atom. The molecule has 0 spiro atoms. The van der Waals surface area contributed by atoms with Crippen molar-refractivity contribution in [3.63, 3.8) is 0 Å². The van der Waals surface area contributed by atoms with Crippen LogP contribution in [0.1, 0.15) is 18.9 Å². The number of sulfone groups is 1. The van der Waals surface area contributed by atoms with Gasteiger partial charge in [0.25, 0.3) is 5.91 Å². The van der Waals surface area contributed by atoms with E-state index in [1.54, 1.807) is 23.1 Å². The predicted octanol–water partition coefficient (Wildman–Crippen LogP) is 2.50. The molecule has 1 heterocycles. The Bertz CT molecular complexity index is 843. The maximum Gasteiger partial charge on any atom is 0.267 e. The van der Waals surface area contributed by atoms with Crippen molar-refractivity contribution in [1.29, 1.82) is 5.26 Å². The summed E-state index contributed by atoms with van der Waals surface area (Å²) in [6, 6.07) is 6.79. The highest BCUT2D eigenvalue weighted by Gasteiger charge is 2.31. The van der Waals surface area contributed by atoms with E-state index < -0.39 is 15.7 Å². The summed E-state index contributed by atoms with van der Waals surface area (Å²) in [5.74, 6) is -0.366. The maximum absolute atomic E-state index is 12.4. The number of amides is 1. The SMILES string of the molecule is CCN(/C=C(/C#N)C(=O)Nc1cc(Cl)ccc1C)C1CCS(=O)(=O)C1. The molecular weight excluding hydrogens is 362 g/mol. The second-order valence-electron chi connectivity index (χ2n) is 5.96. The van der Waals surface area contributed by atoms with Crippen LogP contribution >= 0.6 is 11.6 Å². The monoisotopic (exact) mass is 381 g/mol. The van der Waals surface area contributed by atoms with Gasteiger partial charge in [-0.15, -0.1) is 0 Å². The van der Waals surface area contributed by atoms with Crippen molar-refractivity contribution in [1.82, 2.24) is 4.90 Å². The van der Waals surface area contributed by atoms with E-state index in [0.717, 1.165) is 5.56 Å². The lowest BCUT2D eigenvalue weighted by molar-refractivity contribution is -0.112. The lowest BCUT2D eigenvalue weighted by Gasteiger charge is -2.25. The van der Waals surface area contributed by atoms with Gasteiger partial charge in [0.05, 0.1) is 11.5 Å². The lowest BCUT2D eigenvalue weighted by Crippen LogP contribution is -2.32. The van der Waals surface area contributed by atoms with Crippen molar-refractivity contribution < 1.29 is 13.2 Å². The highest BCUT2D eigenvalue weighted by atomic mass is 35.5. The zero-order valence-electron chi connectivity index (χ0n) is 14.1. The van der Waals surface area contributed by atoms with Crippen molar-refractivity contribution in [2.45, 2.75) is 26.3 Å². The van der Waals surface area contributed by atoms with Crippen molar-refractivity contribution in [3.05, 3.63) is 40.6 Å². The highest BCUT2D eigenvalue weighted by Crippen LogP contribution is 2.22. The van der Waals surface area contributed by atoms with E-state index in [-0.39, 0.29) is 23.1 Å². The summed E-state index contributed by atoms with van der Waals surface area (Å²) in [6.45, 7) is 4.19. The van der Waals surface area contributed by atoms with Crippen molar-refractivity contribution >= 4 is 33.0 Å². The minimum absolute atomic E-state index is 0.0467. The predicted molar refractivity (Wildman–Crippen MR) is 98.0 cm³/mol. The summed E-state index contributed by atoms with van der Waals surface area (Å²) < 4.78 is 23.3. The number of rotatable bonds is 5. The molecule has 1 atom stereocenters. The van der Waals surface area contributed by atoms with E-state index in [0.29, 0.717) is 23.7 Å². The molecule has 1 aliphatic rings. The zero-order chi connectivity index (χ0) is 18.6. The Kier molecular flexibility index (Phi) is 6.09. The molecule has 25 heavy (non-hydrogen) atoms. The summed E-state index contributed by atoms with van der Waals surface area (Å²) in [5, 5.41) is 12.5. The highest BCUT2D eigenvalue weighted by molar-refractivity contribution is 7.91. The zero-order valence-corrected chi connectivity index (χ0v) is 15.7. The van der Waals surface area contributed by atoms with Gasteiger partial charge in [-0.1, -0.05) is 17.7 Å². The van der Waals surface area contributed by atoms with Gasteiger partial charge in [-0.25, -0.2) is 8.42 Å². The number of aryl methyl sites for hydroxylation is 1. The van der Waals surface area contributed by atoms with Gasteiger partial charge in [0, 0.05) is 29.5 Å². The molecule has 1 saturated heterocycles. The van der Waals surface area contributed by atoms with Crippen LogP contribution < -0.4 is 5.32 Å². The number of nitrogens with one attached hydrogen (secondary N) is 1. The van der Waals surface area contributed by atoms with Crippen LogP contribution in [-0.2, 0) is 14.6 Å². The van der Waals surface area contributed by atoms with E-state index in [9.17, 15) is 18.5 Å². The normalized spacial score (nSPS) is 19.3. The molecule has 1 aromatic carbocycles. The van der Waals surface area contributed by atoms with E-state index in [1.807, 2.05) is 19.9 Å². The van der Waals surface area contributed by atoms with Gasteiger partial charge in [-0.3, -0.25) is 4.79 Å². The van der Waals surface area contributed by atoms with Crippen molar-refractivity contribution in [2.24, 2.45) is 0 Å². The van der Waals surface area contributed by atoms with Crippen LogP contribution in [0.25, 0.3) is 0 Å². The van der Waals surface area contributed by atoms with Crippen molar-refractivity contribution in [2.75, 3.05) is 23.4 Å². The van der Waals surface area contributed by atoms with Crippen LogP contribution in [0.4, 0.5) is 5.69 Å². The number of anilines is 1. The Balaban J connectivity index is 2.19. The summed E-state index contributed by atoms with van der Waals surface area (Å²) >= 11 is 5.94. The number of benzene rings is 1. The van der Waals surface area contributed by atoms with Gasteiger partial charge in [-0.05, 0) is 38.0 Å². The molecule has 0 radical (unpaired) electrons. The minimum Gasteiger partial charge on any atom is -0.372 e. The van der Waals surface area contributed by atoms with Gasteiger partial charge in [-0.2, -0.15) is 5.26 Å². The molecule has 1 fully saturated rings. The molecule has 1 N–H and O–H groups in total. The molecule has 0 bridgehead atoms. The summed E-state index contributed by atoms with van der Waals surface area (Å²) in [4.78, 5) is 14.2. The Morgan fingerprint density at radius 3 is 2.80 bits per heavy atom. The Labute approximate surface area is 153 Å². The van der Waals surface area contributed by atoms with Gasteiger partial charge in [0.15, 0.2) is 9.84 Å². The maximum atomic E-state index is 12.4. The fourth-order valence-electron chi connectivity index (χ4n) is 2.71. The standard InChI is InChI=1S/C17H20ClN3O3S/c1-3-21(15-6-7-25(23,24)11-15)10-13(9-19)17(22)20-16-8-14(18)5-4-12(16)2/h4-5,8,10,15H,3,6-7,11H2,1-2H3,(H,20,22)/b13-10-. The van der Waals surface area contributed by atoms with E-state index >= 15 is 0 Å². The third-order valence-corrected chi connectivity index (χ3v) is 6.14. The van der Waals surface area contributed by atoms with Crippen LogP contribution in [0.15, 0.2) is 30.0 Å². The van der Waals surface area contributed by atoms with Crippen LogP contribution in [0.5, 0.6) is 0 Å². The van der Waals surface area contributed by atoms with Gasteiger partial charge >= 0.3 is 0 Å². The molecule has 2 rings (SSSR count). The topological polar surface area (TPSA) is 90.3 Å². The van der Waals surface area contributed by atoms with Crippen LogP contribution in [0, 0.1) is 18.3 Å². The largest absolute Gasteiger partial charge is 0.372 e. The van der Waals surface area contributed by atoms with Crippen molar-refractivity contribution in [3.8, 4) is 6.07 Å². The molecule has 1 aliphatic heterocycles. The average Bonchev–Trinajstić information content (AvgIpc) is 2.92. The number of halogens is 1. The van der Waals surface area contributed by atoms with E-state index in [4.69, 9.17) is 11.6 Å². The van der Waals surface area contributed by atoms with Crippen LogP contribution in [0.2, 0.25) is 5.02 Å². The third kappa shape index (κ3) is 4.97. The van der Waals surface area contributed by atoms with E-state index in [2.05, 4.69) is 5.32 Å². The molecule has 0 saturated carbocycles. The molecule has 1 aromatic rings. The first-order chi connectivity index (χ1) is 11.8. The molecule has 6 nitrogen and oxygen atoms in total. The molecule has 0 aromatic heterocycles. The number of nitriles is 1. The number of carbonyl (C=O) groups is 1. The first-order valence-corrected chi connectivity index (χ1v) is 10.1. The third-order valence-electron chi connectivity index (χ3n) is 4.15. The average molecular weight is 382 g/mol. The molecule has 0 aliphatic carbocycles. The summed E-state index contributed by atoms with van der Waals surface area (Å²) in [5.41, 5.74) is 1.28. The number of hydrogen-bond acceptors (Lipinski definition) is 5. The van der Waals surface area contributed by atoms with E-state index in [1.165, 1.54) is 6.20 Å². The minimum atomic E-state index is -3.04. The first-order valence-electron chi connectivity index (χ1n) is 7.91. The fraction of sp³-hybridized carbons (Fsp3) is 0.412. The summed E-state index contributed by atoms with van der Waals surface area (Å²) in [7, 11) is -3.04. The fourth-order valence-corrected chi connectivity index (χ4v) is 4.63. The number of hydrogen-bond donors (Lipinski definition) is 1. The second-order valence-corrected chi connectivity index (χ2v) is 8.62. The van der Waals surface area contributed by atoms with Crippen LogP contribution in [0.3, 0.4) is 0 Å². The quantitative estimate of drug-likeness (QED) is 0.625. The van der Waals surface area contributed by atoms with Gasteiger partial charge in [0.2, 0.25) is 0 Å². The smallest absolute Gasteiger partial charge is 0.267 e. The number of carbonyl (C=O) groups excluding carboxylic acids is 1. The second kappa shape index (κ2) is 7.89. The first kappa shape index (κ1) is 19.3. The Morgan fingerprint density at radius 1 is 1.52 bits per heavy atom. The molecule has 1 unspecified atom stereocenters. The molecule has 134 valence electrons. The number of nitrogens with zero attached hydrogens (tertiary/aromatic N) is 2.